The Morgan fingerprint density at radius 2 is 1.88 bits per heavy atom. The van der Waals surface area contributed by atoms with Crippen molar-refractivity contribution in [3.05, 3.63) is 29.3 Å². The first-order valence-corrected chi connectivity index (χ1v) is 11.6. The highest BCUT2D eigenvalue weighted by Gasteiger charge is 2.26. The lowest BCUT2D eigenvalue weighted by molar-refractivity contribution is 0.205. The second kappa shape index (κ2) is 9.20. The lowest BCUT2D eigenvalue weighted by Gasteiger charge is -2.28. The van der Waals surface area contributed by atoms with E-state index in [2.05, 4.69) is 11.0 Å². The van der Waals surface area contributed by atoms with Crippen LogP contribution in [0.3, 0.4) is 0 Å². The van der Waals surface area contributed by atoms with Gasteiger partial charge in [-0.15, -0.1) is 0 Å². The van der Waals surface area contributed by atoms with Crippen molar-refractivity contribution in [2.24, 2.45) is 0 Å². The van der Waals surface area contributed by atoms with E-state index < -0.39 is 10.0 Å². The van der Waals surface area contributed by atoms with Crippen LogP contribution in [-0.2, 0) is 23.0 Å². The van der Waals surface area contributed by atoms with E-state index in [0.717, 1.165) is 30.7 Å². The van der Waals surface area contributed by atoms with Crippen LogP contribution in [0, 0.1) is 0 Å². The van der Waals surface area contributed by atoms with Crippen molar-refractivity contribution < 1.29 is 13.2 Å². The fraction of sp³-hybridized carbons (Fsp3) is 0.700. The highest BCUT2D eigenvalue weighted by molar-refractivity contribution is 7.89. The highest BCUT2D eigenvalue weighted by Crippen LogP contribution is 2.26. The molecule has 0 aromatic heterocycles. The number of rotatable bonds is 8. The average Bonchev–Trinajstić information content (AvgIpc) is 2.65. The average molecular weight is 381 g/mol. The van der Waals surface area contributed by atoms with Crippen LogP contribution >= 0.6 is 0 Å². The number of ether oxygens (including phenoxy) is 1. The molecule has 0 atom stereocenters. The fourth-order valence-corrected chi connectivity index (χ4v) is 5.36. The lowest BCUT2D eigenvalue weighted by atomic mass is 10.0. The van der Waals surface area contributed by atoms with Crippen molar-refractivity contribution in [3.8, 4) is 5.75 Å². The van der Waals surface area contributed by atoms with Crippen LogP contribution in [0.4, 0.5) is 0 Å². The molecule has 1 fully saturated rings. The van der Waals surface area contributed by atoms with Crippen LogP contribution in [0.2, 0.25) is 0 Å². The van der Waals surface area contributed by atoms with Gasteiger partial charge in [-0.05, 0) is 68.5 Å². The number of sulfonamides is 1. The first-order valence-electron chi connectivity index (χ1n) is 10.0. The van der Waals surface area contributed by atoms with Gasteiger partial charge >= 0.3 is 0 Å². The molecule has 0 aliphatic carbocycles. The standard InChI is InChI=1S/C20H32N2O3S/c1-2-15-26(23,24)22-13-9-18-7-8-20(16-19(18)17-22)25-14-6-12-21-10-4-3-5-11-21/h7-8,16H,2-6,9-15,17H2,1H3. The Balaban J connectivity index is 1.51. The second-order valence-corrected chi connectivity index (χ2v) is 9.52. The zero-order valence-electron chi connectivity index (χ0n) is 16.0. The van der Waals surface area contributed by atoms with Gasteiger partial charge in [0.05, 0.1) is 12.4 Å². The summed E-state index contributed by atoms with van der Waals surface area (Å²) in [5.74, 6) is 1.09. The molecule has 2 aliphatic heterocycles. The molecule has 0 saturated carbocycles. The summed E-state index contributed by atoms with van der Waals surface area (Å²) < 4.78 is 32.2. The molecule has 0 amide bonds. The van der Waals surface area contributed by atoms with Crippen LogP contribution in [0.25, 0.3) is 0 Å². The van der Waals surface area contributed by atoms with Crippen molar-refractivity contribution >= 4 is 10.0 Å². The summed E-state index contributed by atoms with van der Waals surface area (Å²) in [6.07, 6.45) is 6.49. The summed E-state index contributed by atoms with van der Waals surface area (Å²) in [7, 11) is -3.14. The predicted octanol–water partition coefficient (Wildman–Crippen LogP) is 3.04. The Bertz CT molecular complexity index is 684. The molecule has 0 spiro atoms. The molecule has 0 unspecified atom stereocenters. The Labute approximate surface area is 158 Å². The zero-order valence-corrected chi connectivity index (χ0v) is 16.8. The minimum Gasteiger partial charge on any atom is -0.494 e. The van der Waals surface area contributed by atoms with Gasteiger partial charge in [0, 0.05) is 19.6 Å². The van der Waals surface area contributed by atoms with E-state index in [0.29, 0.717) is 26.1 Å². The fourth-order valence-electron chi connectivity index (χ4n) is 3.88. The number of piperidine rings is 1. The highest BCUT2D eigenvalue weighted by atomic mass is 32.2. The Kier molecular flexibility index (Phi) is 6.95. The van der Waals surface area contributed by atoms with Gasteiger partial charge in [0.2, 0.25) is 10.0 Å². The van der Waals surface area contributed by atoms with Gasteiger partial charge in [-0.25, -0.2) is 8.42 Å². The van der Waals surface area contributed by atoms with Crippen molar-refractivity contribution in [2.45, 2.75) is 52.0 Å². The van der Waals surface area contributed by atoms with E-state index in [4.69, 9.17) is 4.74 Å². The number of hydrogen-bond acceptors (Lipinski definition) is 4. The molecule has 0 N–H and O–H groups in total. The number of likely N-dealkylation sites (tertiary alicyclic amines) is 1. The molecule has 5 nitrogen and oxygen atoms in total. The number of fused-ring (bicyclic) bond motifs is 1. The molecule has 1 saturated heterocycles. The van der Waals surface area contributed by atoms with E-state index in [-0.39, 0.29) is 5.75 Å². The van der Waals surface area contributed by atoms with Gasteiger partial charge in [0.15, 0.2) is 0 Å². The summed E-state index contributed by atoms with van der Waals surface area (Å²) >= 11 is 0. The maximum Gasteiger partial charge on any atom is 0.214 e. The molecular formula is C20H32N2O3S. The first kappa shape index (κ1) is 19.6. The van der Waals surface area contributed by atoms with Gasteiger partial charge in [-0.3, -0.25) is 0 Å². The third kappa shape index (κ3) is 5.21. The minimum atomic E-state index is -3.14. The van der Waals surface area contributed by atoms with E-state index >= 15 is 0 Å². The second-order valence-electron chi connectivity index (χ2n) is 7.43. The summed E-state index contributed by atoms with van der Waals surface area (Å²) in [6.45, 7) is 7.24. The van der Waals surface area contributed by atoms with Crippen LogP contribution in [-0.4, -0.2) is 56.2 Å². The Morgan fingerprint density at radius 1 is 1.08 bits per heavy atom. The van der Waals surface area contributed by atoms with E-state index in [1.54, 1.807) is 4.31 Å². The Hall–Kier alpha value is -1.11. The van der Waals surface area contributed by atoms with Crippen molar-refractivity contribution in [1.29, 1.82) is 0 Å². The molecule has 1 aromatic rings. The summed E-state index contributed by atoms with van der Waals surface area (Å²) in [5, 5.41) is 0. The summed E-state index contributed by atoms with van der Waals surface area (Å²) in [4.78, 5) is 2.52. The summed E-state index contributed by atoms with van der Waals surface area (Å²) in [5.41, 5.74) is 2.33. The largest absolute Gasteiger partial charge is 0.494 e. The van der Waals surface area contributed by atoms with E-state index in [1.165, 1.54) is 37.9 Å². The molecular weight excluding hydrogens is 348 g/mol. The normalized spacial score (nSPS) is 19.3. The molecule has 6 heteroatoms. The van der Waals surface area contributed by atoms with Crippen molar-refractivity contribution in [3.63, 3.8) is 0 Å². The van der Waals surface area contributed by atoms with Gasteiger partial charge in [-0.2, -0.15) is 4.31 Å². The van der Waals surface area contributed by atoms with Gasteiger partial charge in [0.1, 0.15) is 5.75 Å². The summed E-state index contributed by atoms with van der Waals surface area (Å²) in [6, 6.07) is 6.15. The number of hydrogen-bond donors (Lipinski definition) is 0. The molecule has 1 aromatic carbocycles. The number of nitrogens with zero attached hydrogens (tertiary/aromatic N) is 2. The van der Waals surface area contributed by atoms with Gasteiger partial charge in [-0.1, -0.05) is 19.4 Å². The van der Waals surface area contributed by atoms with Gasteiger partial charge in [0.25, 0.3) is 0 Å². The molecule has 3 rings (SSSR count). The first-order chi connectivity index (χ1) is 12.6. The van der Waals surface area contributed by atoms with Crippen LogP contribution in [0.5, 0.6) is 5.75 Å². The van der Waals surface area contributed by atoms with Crippen molar-refractivity contribution in [2.75, 3.05) is 38.5 Å². The van der Waals surface area contributed by atoms with Crippen LogP contribution < -0.4 is 4.74 Å². The van der Waals surface area contributed by atoms with Gasteiger partial charge < -0.3 is 9.64 Å². The lowest BCUT2D eigenvalue weighted by Crippen LogP contribution is -2.37. The zero-order chi connectivity index (χ0) is 18.4. The molecule has 26 heavy (non-hydrogen) atoms. The van der Waals surface area contributed by atoms with Crippen molar-refractivity contribution in [1.82, 2.24) is 9.21 Å². The third-order valence-electron chi connectivity index (χ3n) is 5.35. The molecule has 0 radical (unpaired) electrons. The quantitative estimate of drug-likeness (QED) is 0.651. The topological polar surface area (TPSA) is 49.9 Å². The van der Waals surface area contributed by atoms with Crippen LogP contribution in [0.15, 0.2) is 18.2 Å². The minimum absolute atomic E-state index is 0.231. The Morgan fingerprint density at radius 3 is 2.65 bits per heavy atom. The monoisotopic (exact) mass is 380 g/mol. The molecule has 146 valence electrons. The van der Waals surface area contributed by atoms with E-state index in [9.17, 15) is 8.42 Å². The van der Waals surface area contributed by atoms with Crippen LogP contribution in [0.1, 0.15) is 50.2 Å². The predicted molar refractivity (Wildman–Crippen MR) is 105 cm³/mol. The molecule has 2 heterocycles. The smallest absolute Gasteiger partial charge is 0.214 e. The maximum absolute atomic E-state index is 12.3. The SMILES string of the molecule is CCCS(=O)(=O)N1CCc2ccc(OCCCN3CCCCC3)cc2C1. The molecule has 2 aliphatic rings. The van der Waals surface area contributed by atoms with E-state index in [1.807, 2.05) is 19.1 Å². The number of benzene rings is 1. The molecule has 0 bridgehead atoms. The maximum atomic E-state index is 12.3. The third-order valence-corrected chi connectivity index (χ3v) is 7.37.